The summed E-state index contributed by atoms with van der Waals surface area (Å²) in [5.74, 6) is 0. The summed E-state index contributed by atoms with van der Waals surface area (Å²) in [6.45, 7) is 5.40. The highest BCUT2D eigenvalue weighted by atomic mass is 15.1. The quantitative estimate of drug-likeness (QED) is 0.865. The number of rotatable bonds is 2. The van der Waals surface area contributed by atoms with E-state index in [0.717, 1.165) is 6.54 Å². The van der Waals surface area contributed by atoms with Crippen molar-refractivity contribution in [1.29, 1.82) is 0 Å². The van der Waals surface area contributed by atoms with Crippen LogP contribution in [0.25, 0.3) is 0 Å². The number of fused-ring (bicyclic) bond motifs is 1. The SMILES string of the molecule is Cc1cc(C)cc(N(C)c2ccc3c(c2)CCCN3)c1. The van der Waals surface area contributed by atoms with E-state index in [1.54, 1.807) is 0 Å². The summed E-state index contributed by atoms with van der Waals surface area (Å²) in [5.41, 5.74) is 7.88. The maximum absolute atomic E-state index is 3.47. The Balaban J connectivity index is 1.95. The Morgan fingerprint density at radius 3 is 2.45 bits per heavy atom. The van der Waals surface area contributed by atoms with E-state index in [0.29, 0.717) is 0 Å². The van der Waals surface area contributed by atoms with Gasteiger partial charge in [-0.05, 0) is 73.7 Å². The average Bonchev–Trinajstić information content (AvgIpc) is 2.45. The first-order valence-electron chi connectivity index (χ1n) is 7.32. The largest absolute Gasteiger partial charge is 0.385 e. The average molecular weight is 266 g/mol. The Morgan fingerprint density at radius 2 is 1.70 bits per heavy atom. The summed E-state index contributed by atoms with van der Waals surface area (Å²) >= 11 is 0. The zero-order valence-corrected chi connectivity index (χ0v) is 12.5. The first-order chi connectivity index (χ1) is 9.63. The molecule has 1 aliphatic heterocycles. The molecule has 3 rings (SSSR count). The van der Waals surface area contributed by atoms with Gasteiger partial charge in [0.15, 0.2) is 0 Å². The molecule has 2 heteroatoms. The van der Waals surface area contributed by atoms with Gasteiger partial charge in [-0.2, -0.15) is 0 Å². The van der Waals surface area contributed by atoms with Crippen LogP contribution in [0.3, 0.4) is 0 Å². The summed E-state index contributed by atoms with van der Waals surface area (Å²) in [7, 11) is 2.15. The van der Waals surface area contributed by atoms with Crippen LogP contribution in [0.1, 0.15) is 23.1 Å². The highest BCUT2D eigenvalue weighted by molar-refractivity contribution is 5.68. The van der Waals surface area contributed by atoms with Crippen LogP contribution in [0.5, 0.6) is 0 Å². The van der Waals surface area contributed by atoms with Crippen molar-refractivity contribution >= 4 is 17.1 Å². The lowest BCUT2D eigenvalue weighted by Gasteiger charge is -2.24. The van der Waals surface area contributed by atoms with Crippen LogP contribution in [-0.2, 0) is 6.42 Å². The zero-order chi connectivity index (χ0) is 14.1. The lowest BCUT2D eigenvalue weighted by Crippen LogP contribution is -2.14. The minimum atomic E-state index is 1.10. The normalized spacial score (nSPS) is 13.6. The molecule has 0 aliphatic carbocycles. The van der Waals surface area contributed by atoms with Gasteiger partial charge in [0.1, 0.15) is 0 Å². The molecular formula is C18H22N2. The van der Waals surface area contributed by atoms with Gasteiger partial charge in [0, 0.05) is 30.7 Å². The van der Waals surface area contributed by atoms with Gasteiger partial charge in [-0.1, -0.05) is 6.07 Å². The van der Waals surface area contributed by atoms with Gasteiger partial charge in [-0.3, -0.25) is 0 Å². The van der Waals surface area contributed by atoms with Gasteiger partial charge >= 0.3 is 0 Å². The molecule has 0 saturated carbocycles. The number of nitrogens with zero attached hydrogens (tertiary/aromatic N) is 1. The highest BCUT2D eigenvalue weighted by Gasteiger charge is 2.11. The number of nitrogens with one attached hydrogen (secondary N) is 1. The third kappa shape index (κ3) is 2.51. The molecule has 1 N–H and O–H groups in total. The molecule has 0 radical (unpaired) electrons. The predicted molar refractivity (Wildman–Crippen MR) is 87.2 cm³/mol. The van der Waals surface area contributed by atoms with Crippen molar-refractivity contribution in [2.45, 2.75) is 26.7 Å². The molecule has 20 heavy (non-hydrogen) atoms. The van der Waals surface area contributed by atoms with Crippen LogP contribution < -0.4 is 10.2 Å². The number of hydrogen-bond acceptors (Lipinski definition) is 2. The summed E-state index contributed by atoms with van der Waals surface area (Å²) in [4.78, 5) is 2.27. The lowest BCUT2D eigenvalue weighted by molar-refractivity contribution is 0.830. The van der Waals surface area contributed by atoms with Crippen LogP contribution in [0, 0.1) is 13.8 Å². The molecule has 0 bridgehead atoms. The third-order valence-corrected chi connectivity index (χ3v) is 4.01. The maximum atomic E-state index is 3.47. The van der Waals surface area contributed by atoms with Crippen molar-refractivity contribution in [3.05, 3.63) is 53.1 Å². The second-order valence-corrected chi connectivity index (χ2v) is 5.78. The summed E-state index contributed by atoms with van der Waals surface area (Å²) in [6.07, 6.45) is 2.40. The van der Waals surface area contributed by atoms with Crippen molar-refractivity contribution < 1.29 is 0 Å². The van der Waals surface area contributed by atoms with Crippen LogP contribution >= 0.6 is 0 Å². The molecule has 2 aromatic carbocycles. The minimum absolute atomic E-state index is 1.10. The highest BCUT2D eigenvalue weighted by Crippen LogP contribution is 2.30. The van der Waals surface area contributed by atoms with E-state index < -0.39 is 0 Å². The summed E-state index contributed by atoms with van der Waals surface area (Å²) in [5, 5.41) is 3.47. The van der Waals surface area contributed by atoms with Crippen molar-refractivity contribution in [3.63, 3.8) is 0 Å². The first-order valence-corrected chi connectivity index (χ1v) is 7.32. The van der Waals surface area contributed by atoms with Gasteiger partial charge in [0.25, 0.3) is 0 Å². The predicted octanol–water partition coefficient (Wildman–Crippen LogP) is 4.43. The standard InChI is InChI=1S/C18H22N2/c1-13-9-14(2)11-17(10-13)20(3)16-6-7-18-15(12-16)5-4-8-19-18/h6-7,9-12,19H,4-5,8H2,1-3H3. The van der Waals surface area contributed by atoms with Gasteiger partial charge in [-0.15, -0.1) is 0 Å². The van der Waals surface area contributed by atoms with E-state index in [1.807, 2.05) is 0 Å². The molecule has 2 nitrogen and oxygen atoms in total. The van der Waals surface area contributed by atoms with Crippen LogP contribution in [0.15, 0.2) is 36.4 Å². The maximum Gasteiger partial charge on any atom is 0.0413 e. The number of aryl methyl sites for hydroxylation is 3. The van der Waals surface area contributed by atoms with Crippen molar-refractivity contribution in [2.24, 2.45) is 0 Å². The fourth-order valence-electron chi connectivity index (χ4n) is 2.96. The molecule has 0 saturated heterocycles. The summed E-state index contributed by atoms with van der Waals surface area (Å²) < 4.78 is 0. The Morgan fingerprint density at radius 1 is 0.950 bits per heavy atom. The second kappa shape index (κ2) is 5.20. The molecule has 1 heterocycles. The van der Waals surface area contributed by atoms with E-state index in [4.69, 9.17) is 0 Å². The second-order valence-electron chi connectivity index (χ2n) is 5.78. The zero-order valence-electron chi connectivity index (χ0n) is 12.5. The lowest BCUT2D eigenvalue weighted by atomic mass is 10.0. The molecule has 0 fully saturated rings. The Bertz CT molecular complexity index is 611. The number of anilines is 3. The molecule has 0 amide bonds. The Kier molecular flexibility index (Phi) is 3.39. The van der Waals surface area contributed by atoms with Crippen LogP contribution in [-0.4, -0.2) is 13.6 Å². The first kappa shape index (κ1) is 13.0. The van der Waals surface area contributed by atoms with Gasteiger partial charge < -0.3 is 10.2 Å². The fraction of sp³-hybridized carbons (Fsp3) is 0.333. The molecule has 2 aromatic rings. The minimum Gasteiger partial charge on any atom is -0.385 e. The Hall–Kier alpha value is -1.96. The third-order valence-electron chi connectivity index (χ3n) is 4.01. The fourth-order valence-corrected chi connectivity index (χ4v) is 2.96. The van der Waals surface area contributed by atoms with Gasteiger partial charge in [0.05, 0.1) is 0 Å². The van der Waals surface area contributed by atoms with E-state index in [2.05, 4.69) is 67.5 Å². The monoisotopic (exact) mass is 266 g/mol. The number of benzene rings is 2. The van der Waals surface area contributed by atoms with Gasteiger partial charge in [-0.25, -0.2) is 0 Å². The summed E-state index contributed by atoms with van der Waals surface area (Å²) in [6, 6.07) is 13.4. The molecule has 0 unspecified atom stereocenters. The molecule has 104 valence electrons. The molecular weight excluding hydrogens is 244 g/mol. The van der Waals surface area contributed by atoms with E-state index in [1.165, 1.54) is 46.6 Å². The van der Waals surface area contributed by atoms with Crippen molar-refractivity contribution in [2.75, 3.05) is 23.8 Å². The van der Waals surface area contributed by atoms with Gasteiger partial charge in [0.2, 0.25) is 0 Å². The topological polar surface area (TPSA) is 15.3 Å². The van der Waals surface area contributed by atoms with Crippen LogP contribution in [0.4, 0.5) is 17.1 Å². The molecule has 1 aliphatic rings. The smallest absolute Gasteiger partial charge is 0.0413 e. The number of hydrogen-bond donors (Lipinski definition) is 1. The van der Waals surface area contributed by atoms with E-state index in [9.17, 15) is 0 Å². The van der Waals surface area contributed by atoms with Crippen molar-refractivity contribution in [3.8, 4) is 0 Å². The molecule has 0 atom stereocenters. The van der Waals surface area contributed by atoms with Crippen LogP contribution in [0.2, 0.25) is 0 Å². The Labute approximate surface area is 121 Å². The molecule has 0 spiro atoms. The van der Waals surface area contributed by atoms with Crippen molar-refractivity contribution in [1.82, 2.24) is 0 Å². The molecule has 0 aromatic heterocycles. The van der Waals surface area contributed by atoms with E-state index >= 15 is 0 Å². The van der Waals surface area contributed by atoms with E-state index in [-0.39, 0.29) is 0 Å².